The zero-order valence-electron chi connectivity index (χ0n) is 8.34. The van der Waals surface area contributed by atoms with Crippen LogP contribution in [-0.2, 0) is 4.74 Å². The van der Waals surface area contributed by atoms with Crippen LogP contribution in [0.15, 0.2) is 60.7 Å². The highest BCUT2D eigenvalue weighted by Gasteiger charge is 2.40. The molecule has 2 aromatic carbocycles. The van der Waals surface area contributed by atoms with Crippen molar-refractivity contribution in [2.75, 3.05) is 0 Å². The normalized spacial score (nSPS) is 23.7. The van der Waals surface area contributed by atoms with E-state index in [1.807, 2.05) is 12.1 Å². The van der Waals surface area contributed by atoms with Crippen LogP contribution in [0.25, 0.3) is 0 Å². The monoisotopic (exact) mass is 196 g/mol. The second kappa shape index (κ2) is 3.52. The average molecular weight is 196 g/mol. The van der Waals surface area contributed by atoms with Gasteiger partial charge in [0.15, 0.2) is 0 Å². The lowest BCUT2D eigenvalue weighted by Crippen LogP contribution is -1.82. The minimum absolute atomic E-state index is 0.258. The van der Waals surface area contributed by atoms with Crippen molar-refractivity contribution in [1.29, 1.82) is 0 Å². The van der Waals surface area contributed by atoms with Crippen LogP contribution in [-0.4, -0.2) is 0 Å². The van der Waals surface area contributed by atoms with E-state index in [-0.39, 0.29) is 12.2 Å². The summed E-state index contributed by atoms with van der Waals surface area (Å²) in [5.41, 5.74) is 2.54. The molecule has 0 spiro atoms. The average Bonchev–Trinajstić information content (AvgIpc) is 3.11. The van der Waals surface area contributed by atoms with E-state index in [4.69, 9.17) is 4.74 Å². The molecule has 1 aliphatic heterocycles. The van der Waals surface area contributed by atoms with Gasteiger partial charge in [-0.3, -0.25) is 0 Å². The van der Waals surface area contributed by atoms with Gasteiger partial charge in [-0.25, -0.2) is 0 Å². The summed E-state index contributed by atoms with van der Waals surface area (Å²) in [5.74, 6) is 0. The predicted molar refractivity (Wildman–Crippen MR) is 59.5 cm³/mol. The van der Waals surface area contributed by atoms with Crippen molar-refractivity contribution in [2.45, 2.75) is 12.2 Å². The van der Waals surface area contributed by atoms with E-state index in [0.717, 1.165) is 0 Å². The molecule has 74 valence electrons. The van der Waals surface area contributed by atoms with E-state index in [9.17, 15) is 0 Å². The topological polar surface area (TPSA) is 12.5 Å². The Hall–Kier alpha value is -1.60. The smallest absolute Gasteiger partial charge is 0.114 e. The highest BCUT2D eigenvalue weighted by Crippen LogP contribution is 2.50. The highest BCUT2D eigenvalue weighted by molar-refractivity contribution is 5.29. The molecular weight excluding hydrogens is 184 g/mol. The lowest BCUT2D eigenvalue weighted by atomic mass is 10.0. The molecular formula is C14H12O. The van der Waals surface area contributed by atoms with Gasteiger partial charge < -0.3 is 4.74 Å². The first-order valence-corrected chi connectivity index (χ1v) is 5.20. The molecule has 1 heterocycles. The van der Waals surface area contributed by atoms with E-state index in [1.54, 1.807) is 0 Å². The third-order valence-corrected chi connectivity index (χ3v) is 2.75. The predicted octanol–water partition coefficient (Wildman–Crippen LogP) is 3.50. The Kier molecular flexibility index (Phi) is 2.04. The zero-order chi connectivity index (χ0) is 10.1. The largest absolute Gasteiger partial charge is 0.359 e. The first kappa shape index (κ1) is 8.69. The molecule has 1 heteroatoms. The second-order valence-electron chi connectivity index (χ2n) is 3.80. The maximum absolute atomic E-state index is 5.69. The summed E-state index contributed by atoms with van der Waals surface area (Å²) in [4.78, 5) is 0. The fraction of sp³-hybridized carbons (Fsp3) is 0.143. The van der Waals surface area contributed by atoms with Crippen LogP contribution in [0.2, 0.25) is 0 Å². The molecule has 0 saturated carbocycles. The maximum Gasteiger partial charge on any atom is 0.114 e. The summed E-state index contributed by atoms with van der Waals surface area (Å²) < 4.78 is 5.69. The van der Waals surface area contributed by atoms with E-state index in [2.05, 4.69) is 48.5 Å². The van der Waals surface area contributed by atoms with Crippen molar-refractivity contribution in [1.82, 2.24) is 0 Å². The third kappa shape index (κ3) is 1.66. The molecule has 1 saturated heterocycles. The Labute approximate surface area is 89.3 Å². The summed E-state index contributed by atoms with van der Waals surface area (Å²) in [6.07, 6.45) is 0.516. The minimum Gasteiger partial charge on any atom is -0.359 e. The maximum atomic E-state index is 5.69. The number of ether oxygens (including phenoxy) is 1. The summed E-state index contributed by atoms with van der Waals surface area (Å²) in [6.45, 7) is 0. The van der Waals surface area contributed by atoms with Gasteiger partial charge in [0, 0.05) is 0 Å². The molecule has 0 aliphatic carbocycles. The molecule has 1 unspecified atom stereocenters. The zero-order valence-corrected chi connectivity index (χ0v) is 8.34. The number of epoxide rings is 1. The fourth-order valence-corrected chi connectivity index (χ4v) is 1.90. The Morgan fingerprint density at radius 3 is 1.40 bits per heavy atom. The van der Waals surface area contributed by atoms with Crippen molar-refractivity contribution < 1.29 is 4.74 Å². The number of benzene rings is 2. The van der Waals surface area contributed by atoms with E-state index >= 15 is 0 Å². The van der Waals surface area contributed by atoms with Gasteiger partial charge in [-0.1, -0.05) is 60.7 Å². The van der Waals surface area contributed by atoms with Gasteiger partial charge in [-0.2, -0.15) is 0 Å². The Morgan fingerprint density at radius 1 is 0.600 bits per heavy atom. The van der Waals surface area contributed by atoms with Crippen LogP contribution in [0.3, 0.4) is 0 Å². The molecule has 0 amide bonds. The van der Waals surface area contributed by atoms with Gasteiger partial charge in [0.1, 0.15) is 12.2 Å². The van der Waals surface area contributed by atoms with E-state index in [1.165, 1.54) is 11.1 Å². The molecule has 2 atom stereocenters. The number of hydrogen-bond acceptors (Lipinski definition) is 1. The van der Waals surface area contributed by atoms with Gasteiger partial charge in [0.05, 0.1) is 0 Å². The van der Waals surface area contributed by atoms with Crippen LogP contribution in [0.5, 0.6) is 0 Å². The molecule has 3 rings (SSSR count). The summed E-state index contributed by atoms with van der Waals surface area (Å²) in [6, 6.07) is 20.8. The SMILES string of the molecule is c1ccc(C2O[C@H]2c2ccccc2)cc1. The van der Waals surface area contributed by atoms with Gasteiger partial charge in [-0.05, 0) is 11.1 Å². The first-order valence-electron chi connectivity index (χ1n) is 5.20. The lowest BCUT2D eigenvalue weighted by molar-refractivity contribution is 0.377. The summed E-state index contributed by atoms with van der Waals surface area (Å²) in [5, 5.41) is 0. The van der Waals surface area contributed by atoms with E-state index < -0.39 is 0 Å². The first-order chi connectivity index (χ1) is 7.45. The third-order valence-electron chi connectivity index (χ3n) is 2.75. The standard InChI is InChI=1S/C14H12O/c1-3-7-11(8-4-1)13-14(15-13)12-9-5-2-6-10-12/h1-10,13-14H/t13-,14?/m0/s1. The molecule has 0 bridgehead atoms. The summed E-state index contributed by atoms with van der Waals surface area (Å²) in [7, 11) is 0. The Balaban J connectivity index is 1.81. The molecule has 2 aromatic rings. The number of hydrogen-bond donors (Lipinski definition) is 0. The quantitative estimate of drug-likeness (QED) is 0.670. The van der Waals surface area contributed by atoms with Gasteiger partial charge >= 0.3 is 0 Å². The van der Waals surface area contributed by atoms with Crippen molar-refractivity contribution >= 4 is 0 Å². The van der Waals surface area contributed by atoms with Crippen LogP contribution in [0.1, 0.15) is 23.3 Å². The molecule has 0 aromatic heterocycles. The van der Waals surface area contributed by atoms with Crippen molar-refractivity contribution in [3.63, 3.8) is 0 Å². The Morgan fingerprint density at radius 2 is 1.00 bits per heavy atom. The highest BCUT2D eigenvalue weighted by atomic mass is 16.6. The molecule has 15 heavy (non-hydrogen) atoms. The molecule has 0 N–H and O–H groups in total. The van der Waals surface area contributed by atoms with E-state index in [0.29, 0.717) is 0 Å². The molecule has 0 radical (unpaired) electrons. The minimum atomic E-state index is 0.258. The molecule has 1 fully saturated rings. The molecule has 1 aliphatic rings. The van der Waals surface area contributed by atoms with Gasteiger partial charge in [0.25, 0.3) is 0 Å². The number of rotatable bonds is 2. The van der Waals surface area contributed by atoms with Crippen LogP contribution in [0, 0.1) is 0 Å². The second-order valence-corrected chi connectivity index (χ2v) is 3.80. The van der Waals surface area contributed by atoms with Crippen molar-refractivity contribution in [3.8, 4) is 0 Å². The van der Waals surface area contributed by atoms with Crippen molar-refractivity contribution in [3.05, 3.63) is 71.8 Å². The summed E-state index contributed by atoms with van der Waals surface area (Å²) >= 11 is 0. The lowest BCUT2D eigenvalue weighted by Gasteiger charge is -1.95. The van der Waals surface area contributed by atoms with Crippen molar-refractivity contribution in [2.24, 2.45) is 0 Å². The van der Waals surface area contributed by atoms with Gasteiger partial charge in [0.2, 0.25) is 0 Å². The van der Waals surface area contributed by atoms with Gasteiger partial charge in [-0.15, -0.1) is 0 Å². The van der Waals surface area contributed by atoms with Crippen LogP contribution < -0.4 is 0 Å². The van der Waals surface area contributed by atoms with Crippen LogP contribution >= 0.6 is 0 Å². The Bertz CT molecular complexity index is 392. The molecule has 1 nitrogen and oxygen atoms in total. The van der Waals surface area contributed by atoms with Crippen LogP contribution in [0.4, 0.5) is 0 Å². The fourth-order valence-electron chi connectivity index (χ4n) is 1.90.